The quantitative estimate of drug-likeness (QED) is 0.752. The third kappa shape index (κ3) is 2.90. The zero-order valence-electron chi connectivity index (χ0n) is 13.3. The Hall–Kier alpha value is -2.32. The van der Waals surface area contributed by atoms with Crippen LogP contribution in [0.1, 0.15) is 6.42 Å². The second-order valence-electron chi connectivity index (χ2n) is 6.12. The van der Waals surface area contributed by atoms with Crippen LogP contribution in [0.15, 0.2) is 28.8 Å². The SMILES string of the molecule is CN1CCC(CNc2nc(-c3nccc4c(=O)[nH]cnc34)cs2)C1. The van der Waals surface area contributed by atoms with Gasteiger partial charge in [-0.1, -0.05) is 0 Å². The molecular weight excluding hydrogens is 324 g/mol. The van der Waals surface area contributed by atoms with Crippen LogP contribution in [0.5, 0.6) is 0 Å². The predicted octanol–water partition coefficient (Wildman–Crippen LogP) is 1.81. The van der Waals surface area contributed by atoms with Gasteiger partial charge < -0.3 is 15.2 Å². The summed E-state index contributed by atoms with van der Waals surface area (Å²) in [6, 6.07) is 1.67. The van der Waals surface area contributed by atoms with Gasteiger partial charge in [-0.3, -0.25) is 9.78 Å². The lowest BCUT2D eigenvalue weighted by Crippen LogP contribution is -2.19. The van der Waals surface area contributed by atoms with E-state index in [1.54, 1.807) is 23.6 Å². The Morgan fingerprint density at radius 2 is 2.38 bits per heavy atom. The molecule has 0 saturated carbocycles. The van der Waals surface area contributed by atoms with E-state index in [1.807, 2.05) is 5.38 Å². The molecule has 1 aliphatic rings. The molecule has 24 heavy (non-hydrogen) atoms. The highest BCUT2D eigenvalue weighted by atomic mass is 32.1. The first-order valence-electron chi connectivity index (χ1n) is 7.91. The average molecular weight is 342 g/mol. The average Bonchev–Trinajstić information content (AvgIpc) is 3.22. The predicted molar refractivity (Wildman–Crippen MR) is 95.4 cm³/mol. The van der Waals surface area contributed by atoms with Gasteiger partial charge in [0.25, 0.3) is 5.56 Å². The van der Waals surface area contributed by atoms with Crippen molar-refractivity contribution in [2.75, 3.05) is 32.0 Å². The highest BCUT2D eigenvalue weighted by Crippen LogP contribution is 2.27. The molecule has 4 heterocycles. The zero-order valence-corrected chi connectivity index (χ0v) is 14.1. The summed E-state index contributed by atoms with van der Waals surface area (Å²) < 4.78 is 0. The van der Waals surface area contributed by atoms with E-state index in [0.29, 0.717) is 22.5 Å². The normalized spacial score (nSPS) is 18.3. The van der Waals surface area contributed by atoms with Gasteiger partial charge in [-0.05, 0) is 32.0 Å². The number of thiazole rings is 1. The second kappa shape index (κ2) is 6.29. The fraction of sp³-hybridized carbons (Fsp3) is 0.375. The van der Waals surface area contributed by atoms with Crippen molar-refractivity contribution in [2.45, 2.75) is 6.42 Å². The molecule has 3 aromatic heterocycles. The molecule has 1 atom stereocenters. The Balaban J connectivity index is 1.57. The van der Waals surface area contributed by atoms with Crippen molar-refractivity contribution in [2.24, 2.45) is 5.92 Å². The van der Waals surface area contributed by atoms with Gasteiger partial charge in [0.2, 0.25) is 0 Å². The van der Waals surface area contributed by atoms with Crippen LogP contribution in [0.4, 0.5) is 5.13 Å². The van der Waals surface area contributed by atoms with Crippen LogP contribution in [0.2, 0.25) is 0 Å². The molecule has 0 aliphatic carbocycles. The Bertz CT molecular complexity index is 920. The highest BCUT2D eigenvalue weighted by molar-refractivity contribution is 7.14. The molecule has 0 amide bonds. The molecule has 124 valence electrons. The minimum Gasteiger partial charge on any atom is -0.361 e. The van der Waals surface area contributed by atoms with Crippen molar-refractivity contribution in [1.29, 1.82) is 0 Å². The topological polar surface area (TPSA) is 86.8 Å². The van der Waals surface area contributed by atoms with Gasteiger partial charge in [-0.25, -0.2) is 9.97 Å². The lowest BCUT2D eigenvalue weighted by Gasteiger charge is -2.10. The molecule has 0 bridgehead atoms. The number of nitrogens with one attached hydrogen (secondary N) is 2. The molecule has 0 radical (unpaired) electrons. The summed E-state index contributed by atoms with van der Waals surface area (Å²) in [6.07, 6.45) is 4.24. The molecule has 4 rings (SSSR count). The first kappa shape index (κ1) is 15.2. The van der Waals surface area contributed by atoms with Gasteiger partial charge in [-0.15, -0.1) is 11.3 Å². The molecule has 1 saturated heterocycles. The largest absolute Gasteiger partial charge is 0.361 e. The molecule has 7 nitrogen and oxygen atoms in total. The van der Waals surface area contributed by atoms with Gasteiger partial charge in [-0.2, -0.15) is 0 Å². The number of nitrogens with zero attached hydrogens (tertiary/aromatic N) is 4. The van der Waals surface area contributed by atoms with E-state index >= 15 is 0 Å². The molecule has 0 spiro atoms. The maximum atomic E-state index is 11.9. The number of anilines is 1. The van der Waals surface area contributed by atoms with Crippen LogP contribution >= 0.6 is 11.3 Å². The van der Waals surface area contributed by atoms with E-state index in [4.69, 9.17) is 0 Å². The number of H-pyrrole nitrogens is 1. The molecule has 2 N–H and O–H groups in total. The summed E-state index contributed by atoms with van der Waals surface area (Å²) in [7, 11) is 2.16. The number of pyridine rings is 1. The third-order valence-electron chi connectivity index (χ3n) is 4.34. The van der Waals surface area contributed by atoms with Crippen LogP contribution in [-0.2, 0) is 0 Å². The van der Waals surface area contributed by atoms with Crippen LogP contribution in [0.25, 0.3) is 22.3 Å². The maximum Gasteiger partial charge on any atom is 0.258 e. The first-order valence-corrected chi connectivity index (χ1v) is 8.79. The zero-order chi connectivity index (χ0) is 16.5. The third-order valence-corrected chi connectivity index (χ3v) is 5.14. The van der Waals surface area contributed by atoms with Crippen molar-refractivity contribution in [1.82, 2.24) is 24.8 Å². The molecular formula is C16H18N6OS. The van der Waals surface area contributed by atoms with E-state index in [0.717, 1.165) is 30.5 Å². The van der Waals surface area contributed by atoms with E-state index < -0.39 is 0 Å². The fourth-order valence-corrected chi connectivity index (χ4v) is 3.78. The van der Waals surface area contributed by atoms with Gasteiger partial charge in [0.1, 0.15) is 16.9 Å². The van der Waals surface area contributed by atoms with Crippen LogP contribution in [0, 0.1) is 5.92 Å². The maximum absolute atomic E-state index is 11.9. The van der Waals surface area contributed by atoms with Crippen molar-refractivity contribution < 1.29 is 0 Å². The fourth-order valence-electron chi connectivity index (χ4n) is 3.08. The number of likely N-dealkylation sites (tertiary alicyclic amines) is 1. The standard InChI is InChI=1S/C16H18N6OS/c1-22-5-3-10(7-22)6-18-16-21-12(8-24-16)14-13-11(2-4-17-14)15(23)20-9-19-13/h2,4,8-10H,3,5-7H2,1H3,(H,18,21)(H,19,20,23). The van der Waals surface area contributed by atoms with Crippen molar-refractivity contribution >= 4 is 27.4 Å². The molecule has 3 aromatic rings. The number of hydrogen-bond donors (Lipinski definition) is 2. The lowest BCUT2D eigenvalue weighted by atomic mass is 10.1. The summed E-state index contributed by atoms with van der Waals surface area (Å²) in [6.45, 7) is 3.22. The molecule has 0 aromatic carbocycles. The molecule has 8 heteroatoms. The van der Waals surface area contributed by atoms with E-state index in [9.17, 15) is 4.79 Å². The Kier molecular flexibility index (Phi) is 3.99. The van der Waals surface area contributed by atoms with Crippen molar-refractivity contribution in [3.63, 3.8) is 0 Å². The Morgan fingerprint density at radius 1 is 1.46 bits per heavy atom. The van der Waals surface area contributed by atoms with Crippen LogP contribution in [0.3, 0.4) is 0 Å². The number of hydrogen-bond acceptors (Lipinski definition) is 7. The summed E-state index contributed by atoms with van der Waals surface area (Å²) in [4.78, 5) is 30.1. The number of rotatable bonds is 4. The molecule has 1 aliphatic heterocycles. The Morgan fingerprint density at radius 3 is 3.21 bits per heavy atom. The first-order chi connectivity index (χ1) is 11.7. The van der Waals surface area contributed by atoms with Crippen molar-refractivity contribution in [3.8, 4) is 11.4 Å². The summed E-state index contributed by atoms with van der Waals surface area (Å²) in [5.41, 5.74) is 1.80. The molecule has 1 unspecified atom stereocenters. The number of aromatic nitrogens is 4. The molecule has 1 fully saturated rings. The summed E-state index contributed by atoms with van der Waals surface area (Å²) in [5.74, 6) is 0.665. The van der Waals surface area contributed by atoms with Gasteiger partial charge in [0.05, 0.1) is 11.7 Å². The van der Waals surface area contributed by atoms with Crippen LogP contribution < -0.4 is 10.9 Å². The van der Waals surface area contributed by atoms with Gasteiger partial charge in [0, 0.05) is 24.7 Å². The van der Waals surface area contributed by atoms with E-state index in [2.05, 4.69) is 37.2 Å². The van der Waals surface area contributed by atoms with Crippen molar-refractivity contribution in [3.05, 3.63) is 34.3 Å². The van der Waals surface area contributed by atoms with E-state index in [1.165, 1.54) is 12.7 Å². The smallest absolute Gasteiger partial charge is 0.258 e. The highest BCUT2D eigenvalue weighted by Gasteiger charge is 2.19. The monoisotopic (exact) mass is 342 g/mol. The summed E-state index contributed by atoms with van der Waals surface area (Å²) >= 11 is 1.55. The lowest BCUT2D eigenvalue weighted by molar-refractivity contribution is 0.399. The van der Waals surface area contributed by atoms with E-state index in [-0.39, 0.29) is 5.56 Å². The minimum atomic E-state index is -0.164. The van der Waals surface area contributed by atoms with Gasteiger partial charge in [0.15, 0.2) is 5.13 Å². The number of fused-ring (bicyclic) bond motifs is 1. The van der Waals surface area contributed by atoms with Crippen LogP contribution in [-0.4, -0.2) is 51.5 Å². The summed E-state index contributed by atoms with van der Waals surface area (Å²) in [5, 5.41) is 6.78. The van der Waals surface area contributed by atoms with Gasteiger partial charge >= 0.3 is 0 Å². The second-order valence-corrected chi connectivity index (χ2v) is 6.98. The minimum absolute atomic E-state index is 0.164. The Labute approximate surface area is 142 Å². The number of aromatic amines is 1.